The van der Waals surface area contributed by atoms with E-state index in [2.05, 4.69) is 20.6 Å². The van der Waals surface area contributed by atoms with Crippen LogP contribution >= 0.6 is 0 Å². The molecule has 3 aromatic carbocycles. The fraction of sp³-hybridized carbons (Fsp3) is 0.208. The SMILES string of the molecule is Cc1cc(Cc2nn[nH]n2)c2c(c1Oc1ccc(O)c(S(=O)(=O)c3ccc(F)cc3)c1)CCC2. The minimum absolute atomic E-state index is 0.121. The second kappa shape index (κ2) is 8.53. The number of benzene rings is 3. The molecule has 5 rings (SSSR count). The fourth-order valence-corrected chi connectivity index (χ4v) is 5.72. The van der Waals surface area contributed by atoms with Gasteiger partial charge < -0.3 is 9.84 Å². The summed E-state index contributed by atoms with van der Waals surface area (Å²) in [4.78, 5) is -0.427. The van der Waals surface area contributed by atoms with Crippen LogP contribution in [0.5, 0.6) is 17.2 Å². The van der Waals surface area contributed by atoms with Crippen LogP contribution in [0.2, 0.25) is 0 Å². The second-order valence-electron chi connectivity index (χ2n) is 8.19. The average Bonchev–Trinajstić information content (AvgIpc) is 3.50. The van der Waals surface area contributed by atoms with E-state index < -0.39 is 21.4 Å². The van der Waals surface area contributed by atoms with Crippen molar-refractivity contribution in [2.75, 3.05) is 0 Å². The highest BCUT2D eigenvalue weighted by Crippen LogP contribution is 2.40. The van der Waals surface area contributed by atoms with Crippen LogP contribution in [0.4, 0.5) is 4.39 Å². The Morgan fingerprint density at radius 1 is 1.09 bits per heavy atom. The fourth-order valence-electron chi connectivity index (χ4n) is 4.36. The highest BCUT2D eigenvalue weighted by molar-refractivity contribution is 7.91. The lowest BCUT2D eigenvalue weighted by atomic mass is 9.96. The topological polar surface area (TPSA) is 118 Å². The number of hydrogen-bond acceptors (Lipinski definition) is 7. The van der Waals surface area contributed by atoms with E-state index in [1.54, 1.807) is 0 Å². The van der Waals surface area contributed by atoms with Crippen LogP contribution in [0.1, 0.15) is 34.5 Å². The molecular weight excluding hydrogens is 459 g/mol. The lowest BCUT2D eigenvalue weighted by Crippen LogP contribution is -2.04. The average molecular weight is 481 g/mol. The quantitative estimate of drug-likeness (QED) is 0.400. The molecule has 174 valence electrons. The first-order valence-electron chi connectivity index (χ1n) is 10.7. The summed E-state index contributed by atoms with van der Waals surface area (Å²) in [5, 5.41) is 24.5. The normalized spacial score (nSPS) is 13.1. The molecular formula is C24H21FN4O4S. The van der Waals surface area contributed by atoms with Crippen molar-refractivity contribution in [3.05, 3.63) is 82.4 Å². The first-order valence-corrected chi connectivity index (χ1v) is 12.2. The molecule has 1 aromatic heterocycles. The molecule has 0 unspecified atom stereocenters. The molecule has 0 saturated carbocycles. The van der Waals surface area contributed by atoms with Crippen molar-refractivity contribution >= 4 is 9.84 Å². The molecule has 2 N–H and O–H groups in total. The van der Waals surface area contributed by atoms with E-state index in [0.717, 1.165) is 60.2 Å². The summed E-state index contributed by atoms with van der Waals surface area (Å²) in [6, 6.07) is 10.6. The Labute approximate surface area is 195 Å². The second-order valence-corrected chi connectivity index (χ2v) is 10.1. The number of fused-ring (bicyclic) bond motifs is 1. The lowest BCUT2D eigenvalue weighted by molar-refractivity contribution is 0.446. The number of nitrogens with one attached hydrogen (secondary N) is 1. The van der Waals surface area contributed by atoms with Crippen LogP contribution in [0.25, 0.3) is 0 Å². The maximum absolute atomic E-state index is 13.3. The van der Waals surface area contributed by atoms with Crippen molar-refractivity contribution in [2.24, 2.45) is 0 Å². The van der Waals surface area contributed by atoms with Crippen molar-refractivity contribution in [3.63, 3.8) is 0 Å². The van der Waals surface area contributed by atoms with E-state index in [9.17, 15) is 17.9 Å². The van der Waals surface area contributed by atoms with Gasteiger partial charge in [-0.15, -0.1) is 10.2 Å². The standard InChI is InChI=1S/C24H21FN4O4S/c1-14-11-15(12-23-26-28-29-27-23)19-3-2-4-20(19)24(14)33-17-7-10-21(30)22(13-17)34(31,32)18-8-5-16(25)6-9-18/h5-11,13,30H,2-4,12H2,1H3,(H,26,27,28,29). The number of rotatable bonds is 6. The van der Waals surface area contributed by atoms with Crippen LogP contribution in [0.3, 0.4) is 0 Å². The molecule has 10 heteroatoms. The number of nitrogens with zero attached hydrogens (tertiary/aromatic N) is 3. The van der Waals surface area contributed by atoms with Gasteiger partial charge in [0, 0.05) is 12.5 Å². The number of hydrogen-bond donors (Lipinski definition) is 2. The Kier molecular flexibility index (Phi) is 5.52. The van der Waals surface area contributed by atoms with E-state index in [1.807, 2.05) is 13.0 Å². The number of aryl methyl sites for hydroxylation is 1. The summed E-state index contributed by atoms with van der Waals surface area (Å²) in [6.45, 7) is 1.93. The Morgan fingerprint density at radius 2 is 1.85 bits per heavy atom. The zero-order valence-corrected chi connectivity index (χ0v) is 19.1. The van der Waals surface area contributed by atoms with Gasteiger partial charge in [0.2, 0.25) is 9.84 Å². The number of phenolic OH excluding ortho intramolecular Hbond substituents is 1. The number of aromatic nitrogens is 4. The van der Waals surface area contributed by atoms with Crippen molar-refractivity contribution in [2.45, 2.75) is 42.4 Å². The van der Waals surface area contributed by atoms with Crippen LogP contribution in [0.15, 0.2) is 58.3 Å². The zero-order valence-electron chi connectivity index (χ0n) is 18.2. The van der Waals surface area contributed by atoms with Crippen LogP contribution in [0, 0.1) is 12.7 Å². The predicted octanol–water partition coefficient (Wildman–Crippen LogP) is 4.06. The van der Waals surface area contributed by atoms with Gasteiger partial charge in [0.25, 0.3) is 0 Å². The van der Waals surface area contributed by atoms with Gasteiger partial charge in [-0.2, -0.15) is 5.21 Å². The Morgan fingerprint density at radius 3 is 2.59 bits per heavy atom. The molecule has 0 bridgehead atoms. The van der Waals surface area contributed by atoms with E-state index in [0.29, 0.717) is 18.0 Å². The monoisotopic (exact) mass is 480 g/mol. The Bertz CT molecular complexity index is 1470. The number of halogens is 1. The highest BCUT2D eigenvalue weighted by Gasteiger charge is 2.25. The molecule has 0 aliphatic heterocycles. The third-order valence-corrected chi connectivity index (χ3v) is 7.73. The Balaban J connectivity index is 1.51. The van der Waals surface area contributed by atoms with Gasteiger partial charge in [-0.3, -0.25) is 0 Å². The third kappa shape index (κ3) is 4.01. The predicted molar refractivity (Wildman–Crippen MR) is 120 cm³/mol. The number of H-pyrrole nitrogens is 1. The summed E-state index contributed by atoms with van der Waals surface area (Å²) in [6.07, 6.45) is 3.27. The molecule has 0 radical (unpaired) electrons. The van der Waals surface area contributed by atoms with Gasteiger partial charge in [0.1, 0.15) is 28.0 Å². The number of aromatic hydroxyl groups is 1. The number of ether oxygens (including phenoxy) is 1. The molecule has 1 heterocycles. The Hall–Kier alpha value is -3.79. The van der Waals surface area contributed by atoms with Gasteiger partial charge in [-0.1, -0.05) is 11.3 Å². The maximum Gasteiger partial charge on any atom is 0.210 e. The van der Waals surface area contributed by atoms with Gasteiger partial charge >= 0.3 is 0 Å². The van der Waals surface area contributed by atoms with Gasteiger partial charge in [-0.05, 0) is 84.8 Å². The molecule has 0 fully saturated rings. The van der Waals surface area contributed by atoms with E-state index in [1.165, 1.54) is 23.8 Å². The molecule has 0 amide bonds. The van der Waals surface area contributed by atoms with E-state index >= 15 is 0 Å². The smallest absolute Gasteiger partial charge is 0.210 e. The summed E-state index contributed by atoms with van der Waals surface area (Å²) >= 11 is 0. The molecule has 0 saturated heterocycles. The summed E-state index contributed by atoms with van der Waals surface area (Å²) in [7, 11) is -4.08. The largest absolute Gasteiger partial charge is 0.507 e. The van der Waals surface area contributed by atoms with Gasteiger partial charge in [0.15, 0.2) is 5.82 Å². The third-order valence-electron chi connectivity index (χ3n) is 5.93. The minimum Gasteiger partial charge on any atom is -0.507 e. The van der Waals surface area contributed by atoms with Crippen molar-refractivity contribution in [1.82, 2.24) is 20.6 Å². The van der Waals surface area contributed by atoms with Crippen LogP contribution < -0.4 is 4.74 Å². The molecule has 0 atom stereocenters. The molecule has 1 aliphatic carbocycles. The molecule has 8 nitrogen and oxygen atoms in total. The zero-order chi connectivity index (χ0) is 23.9. The summed E-state index contributed by atoms with van der Waals surface area (Å²) < 4.78 is 45.6. The molecule has 4 aromatic rings. The number of aromatic amines is 1. The molecule has 0 spiro atoms. The van der Waals surface area contributed by atoms with Gasteiger partial charge in [-0.25, -0.2) is 12.8 Å². The molecule has 34 heavy (non-hydrogen) atoms. The maximum atomic E-state index is 13.3. The van der Waals surface area contributed by atoms with E-state index in [4.69, 9.17) is 4.74 Å². The lowest BCUT2D eigenvalue weighted by Gasteiger charge is -2.17. The number of tetrazole rings is 1. The summed E-state index contributed by atoms with van der Waals surface area (Å²) in [5.41, 5.74) is 4.28. The number of phenols is 1. The van der Waals surface area contributed by atoms with Crippen molar-refractivity contribution in [1.29, 1.82) is 0 Å². The first kappa shape index (κ1) is 22.0. The highest BCUT2D eigenvalue weighted by atomic mass is 32.2. The van der Waals surface area contributed by atoms with E-state index in [-0.39, 0.29) is 15.5 Å². The minimum atomic E-state index is -4.08. The van der Waals surface area contributed by atoms with Crippen molar-refractivity contribution in [3.8, 4) is 17.2 Å². The van der Waals surface area contributed by atoms with Crippen molar-refractivity contribution < 1.29 is 22.7 Å². The van der Waals surface area contributed by atoms with Crippen LogP contribution in [-0.2, 0) is 29.1 Å². The van der Waals surface area contributed by atoms with Crippen LogP contribution in [-0.4, -0.2) is 34.1 Å². The van der Waals surface area contributed by atoms with Gasteiger partial charge in [0.05, 0.1) is 4.90 Å². The molecule has 1 aliphatic rings. The summed E-state index contributed by atoms with van der Waals surface area (Å²) in [5.74, 6) is 0.611. The number of sulfone groups is 1. The first-order chi connectivity index (χ1) is 16.3.